The summed E-state index contributed by atoms with van der Waals surface area (Å²) in [6.07, 6.45) is -7.14. The number of nitrogens with zero attached hydrogens (tertiary/aromatic N) is 2. The Bertz CT molecular complexity index is 1240. The molecule has 0 spiro atoms. The van der Waals surface area contributed by atoms with Crippen LogP contribution in [0.15, 0.2) is 41.3 Å². The molecule has 36 heavy (non-hydrogen) atoms. The van der Waals surface area contributed by atoms with Gasteiger partial charge >= 0.3 is 12.4 Å². The fraction of sp³-hybridized carbons (Fsp3) is 0.409. The molecule has 1 aliphatic carbocycles. The molecule has 3 rings (SSSR count). The van der Waals surface area contributed by atoms with E-state index in [0.717, 1.165) is 6.07 Å². The van der Waals surface area contributed by atoms with Crippen LogP contribution in [0.25, 0.3) is 0 Å². The smallest absolute Gasteiger partial charge is 0.384 e. The van der Waals surface area contributed by atoms with Crippen LogP contribution in [0.4, 0.5) is 32.0 Å². The Morgan fingerprint density at radius 3 is 2.17 bits per heavy atom. The van der Waals surface area contributed by atoms with Crippen LogP contribution >= 0.6 is 12.2 Å². The molecule has 0 saturated carbocycles. The molecule has 1 aromatic rings. The second-order valence-electron chi connectivity index (χ2n) is 7.88. The van der Waals surface area contributed by atoms with Gasteiger partial charge < -0.3 is 15.1 Å². The van der Waals surface area contributed by atoms with Gasteiger partial charge in [-0.2, -0.15) is 30.6 Å². The summed E-state index contributed by atoms with van der Waals surface area (Å²) in [5.74, 6) is 4.50. The molecule has 0 amide bonds. The van der Waals surface area contributed by atoms with Crippen LogP contribution < -0.4 is 4.90 Å². The van der Waals surface area contributed by atoms with Crippen LogP contribution in [0.3, 0.4) is 0 Å². The molecule has 0 unspecified atom stereocenters. The van der Waals surface area contributed by atoms with Crippen molar-refractivity contribution in [3.63, 3.8) is 0 Å². The highest BCUT2D eigenvalue weighted by atomic mass is 32.2. The van der Waals surface area contributed by atoms with Crippen LogP contribution in [-0.4, -0.2) is 72.9 Å². The predicted molar refractivity (Wildman–Crippen MR) is 124 cm³/mol. The number of allylic oxidation sites excluding steroid dienone is 4. The first-order valence-corrected chi connectivity index (χ1v) is 12.2. The quantitative estimate of drug-likeness (QED) is 0.339. The predicted octanol–water partition coefficient (Wildman–Crippen LogP) is 3.01. The lowest BCUT2D eigenvalue weighted by Crippen LogP contribution is -2.54. The maximum atomic E-state index is 13.3. The van der Waals surface area contributed by atoms with Gasteiger partial charge in [0.05, 0.1) is 10.6 Å². The number of benzene rings is 1. The Morgan fingerprint density at radius 2 is 1.64 bits per heavy atom. The van der Waals surface area contributed by atoms with E-state index in [-0.39, 0.29) is 47.2 Å². The number of hydrogen-bond acceptors (Lipinski definition) is 6. The highest BCUT2D eigenvalue weighted by Crippen LogP contribution is 2.50. The number of hydrogen-bond donors (Lipinski definition) is 2. The van der Waals surface area contributed by atoms with Crippen molar-refractivity contribution in [1.82, 2.24) is 4.31 Å². The number of sulfonamides is 1. The number of alkyl halides is 6. The van der Waals surface area contributed by atoms with Crippen molar-refractivity contribution in [2.75, 3.05) is 37.7 Å². The summed E-state index contributed by atoms with van der Waals surface area (Å²) >= 11 is 5.14. The van der Waals surface area contributed by atoms with Gasteiger partial charge in [-0.25, -0.2) is 8.42 Å². The third-order valence-electron chi connectivity index (χ3n) is 5.70. The van der Waals surface area contributed by atoms with Crippen LogP contribution in [-0.2, 0) is 15.6 Å². The van der Waals surface area contributed by atoms with E-state index in [9.17, 15) is 39.9 Å². The van der Waals surface area contributed by atoms with Gasteiger partial charge in [-0.05, 0) is 18.2 Å². The average molecular weight is 555 g/mol. The van der Waals surface area contributed by atoms with Gasteiger partial charge in [0.1, 0.15) is 6.61 Å². The number of piperazine rings is 1. The van der Waals surface area contributed by atoms with Crippen molar-refractivity contribution >= 4 is 32.8 Å². The Labute approximate surface area is 208 Å². The molecule has 196 valence electrons. The van der Waals surface area contributed by atoms with Gasteiger partial charge in [-0.3, -0.25) is 0 Å². The molecule has 0 aromatic heterocycles. The van der Waals surface area contributed by atoms with E-state index < -0.39 is 40.1 Å². The third-order valence-corrected chi connectivity index (χ3v) is 8.19. The lowest BCUT2D eigenvalue weighted by atomic mass is 9.90. The second kappa shape index (κ2) is 10.1. The van der Waals surface area contributed by atoms with E-state index in [4.69, 9.17) is 17.3 Å². The first-order valence-electron chi connectivity index (χ1n) is 10.4. The van der Waals surface area contributed by atoms with Gasteiger partial charge in [0.2, 0.25) is 10.0 Å². The molecule has 6 nitrogen and oxygen atoms in total. The molecular formula is C22H20F6N2O4S2. The highest BCUT2D eigenvalue weighted by Gasteiger charge is 2.71. The van der Waals surface area contributed by atoms with Crippen LogP contribution in [0.2, 0.25) is 0 Å². The van der Waals surface area contributed by atoms with Gasteiger partial charge in [-0.1, -0.05) is 42.3 Å². The van der Waals surface area contributed by atoms with Crippen molar-refractivity contribution in [2.24, 2.45) is 0 Å². The fourth-order valence-electron chi connectivity index (χ4n) is 3.82. The first-order chi connectivity index (χ1) is 16.6. The Hall–Kier alpha value is -2.44. The number of thiocarbonyl (C=S) groups is 1. The van der Waals surface area contributed by atoms with Crippen molar-refractivity contribution in [2.45, 2.75) is 24.4 Å². The first kappa shape index (κ1) is 28.1. The Kier molecular flexibility index (Phi) is 7.92. The number of rotatable bonds is 4. The van der Waals surface area contributed by atoms with Crippen molar-refractivity contribution in [1.29, 1.82) is 0 Å². The van der Waals surface area contributed by atoms with Gasteiger partial charge in [-0.15, -0.1) is 0 Å². The van der Waals surface area contributed by atoms with Gasteiger partial charge in [0.15, 0.2) is 0 Å². The number of halogens is 6. The molecule has 2 aliphatic rings. The lowest BCUT2D eigenvalue weighted by molar-refractivity contribution is -0.376. The molecular weight excluding hydrogens is 534 g/mol. The molecule has 1 aromatic carbocycles. The normalized spacial score (nSPS) is 18.1. The number of aliphatic hydroxyl groups excluding tert-OH is 1. The third kappa shape index (κ3) is 5.16. The van der Waals surface area contributed by atoms with E-state index in [1.807, 2.05) is 0 Å². The van der Waals surface area contributed by atoms with Gasteiger partial charge in [0.25, 0.3) is 5.60 Å². The van der Waals surface area contributed by atoms with E-state index in [1.54, 1.807) is 17.1 Å². The van der Waals surface area contributed by atoms with Crippen molar-refractivity contribution in [3.05, 3.63) is 52.5 Å². The molecule has 14 heteroatoms. The summed E-state index contributed by atoms with van der Waals surface area (Å²) in [5.41, 5.74) is -6.80. The summed E-state index contributed by atoms with van der Waals surface area (Å²) in [6.45, 7) is -0.691. The molecule has 0 radical (unpaired) electrons. The minimum atomic E-state index is -6.07. The molecule has 1 saturated heterocycles. The fourth-order valence-corrected chi connectivity index (χ4v) is 5.85. The molecule has 1 aliphatic heterocycles. The summed E-state index contributed by atoms with van der Waals surface area (Å²) in [4.78, 5) is 1.81. The molecule has 1 fully saturated rings. The van der Waals surface area contributed by atoms with E-state index in [1.165, 1.54) is 10.4 Å². The molecule has 1 heterocycles. The summed E-state index contributed by atoms with van der Waals surface area (Å²) in [6, 6.07) is 1.92. The number of anilines is 1. The largest absolute Gasteiger partial charge is 0.430 e. The number of aliphatic hydroxyl groups is 2. The zero-order valence-electron chi connectivity index (χ0n) is 18.4. The zero-order valence-corrected chi connectivity index (χ0v) is 20.0. The van der Waals surface area contributed by atoms with Crippen LogP contribution in [0.1, 0.15) is 17.5 Å². The Balaban J connectivity index is 1.93. The van der Waals surface area contributed by atoms with Crippen molar-refractivity contribution < 1.29 is 45.0 Å². The van der Waals surface area contributed by atoms with Crippen molar-refractivity contribution in [3.8, 4) is 11.8 Å². The van der Waals surface area contributed by atoms with E-state index in [0.29, 0.717) is 18.6 Å². The minimum Gasteiger partial charge on any atom is -0.384 e. The molecule has 2 N–H and O–H groups in total. The minimum absolute atomic E-state index is 0.00545. The summed E-state index contributed by atoms with van der Waals surface area (Å²) in [5, 5.41) is 18.7. The van der Waals surface area contributed by atoms with E-state index in [2.05, 4.69) is 11.8 Å². The highest BCUT2D eigenvalue weighted by molar-refractivity contribution is 7.96. The van der Waals surface area contributed by atoms with Crippen LogP contribution in [0, 0.1) is 11.8 Å². The second-order valence-corrected chi connectivity index (χ2v) is 10.3. The lowest BCUT2D eigenvalue weighted by Gasteiger charge is -2.37. The van der Waals surface area contributed by atoms with Gasteiger partial charge in [0, 0.05) is 48.6 Å². The standard InChI is InChI=1S/C22H20F6N2O4S2/c23-21(24,25)20(32,22(26,27)28)16-7-8-17(15(14-16)4-3-13-31)29-9-11-30(12-10-29)36(33,34)19-6-2-1-5-18(19)35/h1-2,6-8,14,31-32H,5,9-13H2. The summed E-state index contributed by atoms with van der Waals surface area (Å²) in [7, 11) is -3.89. The Morgan fingerprint density at radius 1 is 1.03 bits per heavy atom. The SMILES string of the molecule is O=S(=O)(C1=CC=CCC1=S)N1CCN(c2ccc(C(O)(C(F)(F)F)C(F)(F)F)cc2C#CCO)CC1. The van der Waals surface area contributed by atoms with Crippen LogP contribution in [0.5, 0.6) is 0 Å². The topological polar surface area (TPSA) is 81.1 Å². The maximum Gasteiger partial charge on any atom is 0.430 e. The zero-order chi connectivity index (χ0) is 26.9. The summed E-state index contributed by atoms with van der Waals surface area (Å²) < 4.78 is 107. The van der Waals surface area contributed by atoms with E-state index >= 15 is 0 Å². The molecule has 0 bridgehead atoms. The molecule has 0 atom stereocenters. The maximum absolute atomic E-state index is 13.3. The average Bonchev–Trinajstić information content (AvgIpc) is 2.81. The monoisotopic (exact) mass is 554 g/mol.